The lowest BCUT2D eigenvalue weighted by Gasteiger charge is -2.36. The highest BCUT2D eigenvalue weighted by atomic mass is 16.5. The van der Waals surface area contributed by atoms with Gasteiger partial charge in [-0.15, -0.1) is 0 Å². The van der Waals surface area contributed by atoms with Crippen LogP contribution in [-0.4, -0.2) is 0 Å². The SMILES string of the molecule is CC(C)(C)C1=C(C(C)(C)C)Oc2ccccc2C1. The van der Waals surface area contributed by atoms with E-state index in [2.05, 4.69) is 59.7 Å². The van der Waals surface area contributed by atoms with Crippen molar-refractivity contribution < 1.29 is 4.74 Å². The molecule has 0 saturated heterocycles. The molecule has 98 valence electrons. The molecule has 1 aromatic rings. The van der Waals surface area contributed by atoms with Crippen LogP contribution in [0.4, 0.5) is 0 Å². The first kappa shape index (κ1) is 13.2. The molecule has 0 fully saturated rings. The third-order valence-corrected chi connectivity index (χ3v) is 3.41. The van der Waals surface area contributed by atoms with E-state index in [0.717, 1.165) is 17.9 Å². The molecular formula is C17H24O. The fourth-order valence-corrected chi connectivity index (χ4v) is 2.40. The highest BCUT2D eigenvalue weighted by Gasteiger charge is 2.33. The minimum atomic E-state index is 0.0517. The van der Waals surface area contributed by atoms with Crippen molar-refractivity contribution in [2.75, 3.05) is 0 Å². The summed E-state index contributed by atoms with van der Waals surface area (Å²) in [6.07, 6.45) is 1.01. The van der Waals surface area contributed by atoms with Crippen molar-refractivity contribution in [3.05, 3.63) is 41.2 Å². The maximum Gasteiger partial charge on any atom is 0.130 e. The summed E-state index contributed by atoms with van der Waals surface area (Å²) in [6, 6.07) is 8.37. The Bertz CT molecular complexity index is 436. The lowest BCUT2D eigenvalue weighted by atomic mass is 9.76. The van der Waals surface area contributed by atoms with Crippen LogP contribution in [0, 0.1) is 10.8 Å². The van der Waals surface area contributed by atoms with Gasteiger partial charge < -0.3 is 4.74 Å². The van der Waals surface area contributed by atoms with E-state index in [4.69, 9.17) is 4.74 Å². The van der Waals surface area contributed by atoms with E-state index in [-0.39, 0.29) is 10.8 Å². The summed E-state index contributed by atoms with van der Waals surface area (Å²) in [7, 11) is 0. The summed E-state index contributed by atoms with van der Waals surface area (Å²) < 4.78 is 6.22. The van der Waals surface area contributed by atoms with Crippen LogP contribution in [-0.2, 0) is 6.42 Å². The predicted octanol–water partition coefficient (Wildman–Crippen LogP) is 4.97. The minimum Gasteiger partial charge on any atom is -0.461 e. The molecule has 1 aliphatic rings. The van der Waals surface area contributed by atoms with Crippen LogP contribution in [0.2, 0.25) is 0 Å². The van der Waals surface area contributed by atoms with E-state index in [1.165, 1.54) is 11.1 Å². The van der Waals surface area contributed by atoms with Crippen LogP contribution < -0.4 is 4.74 Å². The number of para-hydroxylation sites is 1. The van der Waals surface area contributed by atoms with Crippen LogP contribution in [0.3, 0.4) is 0 Å². The normalized spacial score (nSPS) is 16.3. The topological polar surface area (TPSA) is 9.23 Å². The average molecular weight is 244 g/mol. The average Bonchev–Trinajstić information content (AvgIpc) is 2.25. The molecule has 18 heavy (non-hydrogen) atoms. The molecule has 1 heteroatoms. The molecule has 0 unspecified atom stereocenters. The van der Waals surface area contributed by atoms with Crippen LogP contribution in [0.5, 0.6) is 5.75 Å². The van der Waals surface area contributed by atoms with E-state index < -0.39 is 0 Å². The number of allylic oxidation sites excluding steroid dienone is 2. The van der Waals surface area contributed by atoms with Gasteiger partial charge in [0.05, 0.1) is 0 Å². The van der Waals surface area contributed by atoms with Crippen molar-refractivity contribution in [2.24, 2.45) is 10.8 Å². The predicted molar refractivity (Wildman–Crippen MR) is 76.7 cm³/mol. The molecule has 1 heterocycles. The smallest absolute Gasteiger partial charge is 0.130 e. The Kier molecular flexibility index (Phi) is 3.04. The third kappa shape index (κ3) is 2.45. The van der Waals surface area contributed by atoms with Gasteiger partial charge in [-0.2, -0.15) is 0 Å². The van der Waals surface area contributed by atoms with E-state index >= 15 is 0 Å². The molecule has 0 bridgehead atoms. The van der Waals surface area contributed by atoms with Crippen molar-refractivity contribution in [3.63, 3.8) is 0 Å². The van der Waals surface area contributed by atoms with Crippen molar-refractivity contribution in [2.45, 2.75) is 48.0 Å². The van der Waals surface area contributed by atoms with Crippen LogP contribution in [0.1, 0.15) is 47.1 Å². The Hall–Kier alpha value is -1.24. The Morgan fingerprint density at radius 2 is 1.50 bits per heavy atom. The number of fused-ring (bicyclic) bond motifs is 1. The maximum absolute atomic E-state index is 6.22. The van der Waals surface area contributed by atoms with Gasteiger partial charge in [0.15, 0.2) is 0 Å². The van der Waals surface area contributed by atoms with Gasteiger partial charge in [0.1, 0.15) is 11.5 Å². The van der Waals surface area contributed by atoms with E-state index in [1.54, 1.807) is 0 Å². The molecule has 1 aliphatic heterocycles. The first-order valence-corrected chi connectivity index (χ1v) is 6.69. The number of hydrogen-bond acceptors (Lipinski definition) is 1. The van der Waals surface area contributed by atoms with Gasteiger partial charge in [-0.3, -0.25) is 0 Å². The zero-order chi connectivity index (χ0) is 13.6. The molecule has 0 N–H and O–H groups in total. The first-order chi connectivity index (χ1) is 8.19. The molecule has 0 spiro atoms. The van der Waals surface area contributed by atoms with Gasteiger partial charge in [0.25, 0.3) is 0 Å². The highest BCUT2D eigenvalue weighted by Crippen LogP contribution is 2.43. The zero-order valence-corrected chi connectivity index (χ0v) is 12.4. The van der Waals surface area contributed by atoms with Crippen LogP contribution >= 0.6 is 0 Å². The van der Waals surface area contributed by atoms with Gasteiger partial charge in [-0.1, -0.05) is 59.7 Å². The summed E-state index contributed by atoms with van der Waals surface area (Å²) in [6.45, 7) is 13.5. The van der Waals surface area contributed by atoms with E-state index in [0.29, 0.717) is 0 Å². The molecular weight excluding hydrogens is 220 g/mol. The number of benzene rings is 1. The largest absolute Gasteiger partial charge is 0.461 e. The van der Waals surface area contributed by atoms with Gasteiger partial charge >= 0.3 is 0 Å². The molecule has 0 aromatic heterocycles. The standard InChI is InChI=1S/C17H24O/c1-16(2,3)13-11-12-9-7-8-10-14(12)18-15(13)17(4,5)6/h7-10H,11H2,1-6H3. The van der Waals surface area contributed by atoms with Crippen molar-refractivity contribution in [1.29, 1.82) is 0 Å². The van der Waals surface area contributed by atoms with Gasteiger partial charge in [0.2, 0.25) is 0 Å². The summed E-state index contributed by atoms with van der Waals surface area (Å²) in [4.78, 5) is 0. The quantitative estimate of drug-likeness (QED) is 0.626. The van der Waals surface area contributed by atoms with Gasteiger partial charge in [0, 0.05) is 11.8 Å². The molecule has 0 radical (unpaired) electrons. The molecule has 0 saturated carbocycles. The molecule has 2 rings (SSSR count). The minimum absolute atomic E-state index is 0.0517. The summed E-state index contributed by atoms with van der Waals surface area (Å²) in [5, 5.41) is 0. The molecule has 0 atom stereocenters. The lowest BCUT2D eigenvalue weighted by Crippen LogP contribution is -2.27. The second-order valence-corrected chi connectivity index (χ2v) is 7.19. The summed E-state index contributed by atoms with van der Waals surface area (Å²) in [5.41, 5.74) is 2.93. The number of rotatable bonds is 0. The van der Waals surface area contributed by atoms with Crippen LogP contribution in [0.25, 0.3) is 0 Å². The highest BCUT2D eigenvalue weighted by molar-refractivity contribution is 5.44. The third-order valence-electron chi connectivity index (χ3n) is 3.41. The molecule has 0 amide bonds. The second-order valence-electron chi connectivity index (χ2n) is 7.19. The maximum atomic E-state index is 6.22. The van der Waals surface area contributed by atoms with E-state index in [1.807, 2.05) is 6.07 Å². The van der Waals surface area contributed by atoms with Gasteiger partial charge in [-0.25, -0.2) is 0 Å². The second kappa shape index (κ2) is 4.15. The van der Waals surface area contributed by atoms with Crippen LogP contribution in [0.15, 0.2) is 35.6 Å². The van der Waals surface area contributed by atoms with Crippen molar-refractivity contribution in [3.8, 4) is 5.75 Å². The molecule has 1 aromatic carbocycles. The Morgan fingerprint density at radius 1 is 0.889 bits per heavy atom. The number of hydrogen-bond donors (Lipinski definition) is 0. The van der Waals surface area contributed by atoms with Gasteiger partial charge in [-0.05, 0) is 22.6 Å². The molecule has 0 aliphatic carbocycles. The van der Waals surface area contributed by atoms with E-state index in [9.17, 15) is 0 Å². The number of ether oxygens (including phenoxy) is 1. The zero-order valence-electron chi connectivity index (χ0n) is 12.4. The fraction of sp³-hybridized carbons (Fsp3) is 0.529. The van der Waals surface area contributed by atoms with Crippen molar-refractivity contribution >= 4 is 0 Å². The fourth-order valence-electron chi connectivity index (χ4n) is 2.40. The Morgan fingerprint density at radius 3 is 2.06 bits per heavy atom. The monoisotopic (exact) mass is 244 g/mol. The van der Waals surface area contributed by atoms with Crippen molar-refractivity contribution in [1.82, 2.24) is 0 Å². The first-order valence-electron chi connectivity index (χ1n) is 6.69. The Balaban J connectivity index is 2.53. The lowest BCUT2D eigenvalue weighted by molar-refractivity contribution is 0.259. The summed E-state index contributed by atoms with van der Waals surface area (Å²) in [5.74, 6) is 2.17. The Labute approximate surface area is 111 Å². The molecule has 1 nitrogen and oxygen atoms in total. The summed E-state index contributed by atoms with van der Waals surface area (Å²) >= 11 is 0.